The van der Waals surface area contributed by atoms with E-state index in [-0.39, 0.29) is 11.7 Å². The summed E-state index contributed by atoms with van der Waals surface area (Å²) >= 11 is 0. The van der Waals surface area contributed by atoms with Crippen LogP contribution in [-0.2, 0) is 12.8 Å². The first-order valence-electron chi connectivity index (χ1n) is 6.09. The lowest BCUT2D eigenvalue weighted by molar-refractivity contribution is 0.429. The van der Waals surface area contributed by atoms with Crippen LogP contribution in [0.4, 0.5) is 10.1 Å². The molecule has 2 aromatic rings. The molecule has 1 heterocycles. The quantitative estimate of drug-likeness (QED) is 0.857. The average Bonchev–Trinajstić information content (AvgIpc) is 2.41. The number of benzene rings is 1. The molecule has 0 saturated carbocycles. The highest BCUT2D eigenvalue weighted by Crippen LogP contribution is 2.25. The molecule has 2 N–H and O–H groups in total. The fourth-order valence-electron chi connectivity index (χ4n) is 1.67. The van der Waals surface area contributed by atoms with Crippen LogP contribution in [0.2, 0.25) is 0 Å². The molecule has 0 bridgehead atoms. The van der Waals surface area contributed by atoms with Crippen molar-refractivity contribution in [2.75, 3.05) is 5.73 Å². The summed E-state index contributed by atoms with van der Waals surface area (Å²) in [4.78, 5) is 4.28. The number of nitrogens with two attached hydrogens (primary N) is 1. The van der Waals surface area contributed by atoms with Gasteiger partial charge in [0.1, 0.15) is 5.82 Å². The van der Waals surface area contributed by atoms with Crippen LogP contribution in [0, 0.1) is 5.82 Å². The Bertz CT molecular complexity index is 589. The molecule has 0 atom stereocenters. The number of hydrogen-bond acceptors (Lipinski definition) is 5. The van der Waals surface area contributed by atoms with Crippen molar-refractivity contribution < 1.29 is 9.13 Å². The Morgan fingerprint density at radius 2 is 1.89 bits per heavy atom. The lowest BCUT2D eigenvalue weighted by Crippen LogP contribution is -2.05. The molecule has 1 aromatic heterocycles. The summed E-state index contributed by atoms with van der Waals surface area (Å²) in [6.07, 6.45) is 1.51. The number of anilines is 1. The van der Waals surface area contributed by atoms with Crippen molar-refractivity contribution in [3.63, 3.8) is 0 Å². The molecule has 0 aliphatic carbocycles. The van der Waals surface area contributed by atoms with Gasteiger partial charge in [-0.15, -0.1) is 5.10 Å². The van der Waals surface area contributed by atoms with Gasteiger partial charge in [-0.3, -0.25) is 0 Å². The first-order chi connectivity index (χ1) is 9.13. The Morgan fingerprint density at radius 1 is 1.16 bits per heavy atom. The number of aryl methyl sites for hydroxylation is 2. The van der Waals surface area contributed by atoms with Crippen LogP contribution in [0.1, 0.15) is 25.2 Å². The maximum absolute atomic E-state index is 12.9. The highest BCUT2D eigenvalue weighted by molar-refractivity contribution is 5.53. The summed E-state index contributed by atoms with van der Waals surface area (Å²) in [6, 6.07) is 4.00. The molecule has 0 amide bonds. The molecule has 0 aliphatic heterocycles. The van der Waals surface area contributed by atoms with Gasteiger partial charge in [-0.2, -0.15) is 4.98 Å². The van der Waals surface area contributed by atoms with Crippen LogP contribution in [0.15, 0.2) is 18.2 Å². The monoisotopic (exact) mass is 262 g/mol. The van der Waals surface area contributed by atoms with E-state index in [9.17, 15) is 4.39 Å². The zero-order valence-electron chi connectivity index (χ0n) is 10.9. The van der Waals surface area contributed by atoms with E-state index in [0.717, 1.165) is 24.2 Å². The second-order valence-corrected chi connectivity index (χ2v) is 3.98. The predicted octanol–water partition coefficient (Wildman–Crippen LogP) is 2.51. The Kier molecular flexibility index (Phi) is 3.89. The first-order valence-corrected chi connectivity index (χ1v) is 6.09. The van der Waals surface area contributed by atoms with E-state index in [4.69, 9.17) is 10.5 Å². The molecule has 0 unspecified atom stereocenters. The zero-order valence-corrected chi connectivity index (χ0v) is 10.9. The summed E-state index contributed by atoms with van der Waals surface area (Å²) in [7, 11) is 0. The van der Waals surface area contributed by atoms with Crippen molar-refractivity contribution in [2.45, 2.75) is 26.7 Å². The van der Waals surface area contributed by atoms with E-state index >= 15 is 0 Å². The Morgan fingerprint density at radius 3 is 2.53 bits per heavy atom. The van der Waals surface area contributed by atoms with Crippen LogP contribution in [0.5, 0.6) is 11.8 Å². The maximum Gasteiger partial charge on any atom is 0.341 e. The molecular weight excluding hydrogens is 247 g/mol. The third-order valence-electron chi connectivity index (χ3n) is 2.66. The zero-order chi connectivity index (χ0) is 13.8. The van der Waals surface area contributed by atoms with E-state index in [0.29, 0.717) is 5.75 Å². The maximum atomic E-state index is 12.9. The van der Waals surface area contributed by atoms with Gasteiger partial charge in [-0.25, -0.2) is 4.39 Å². The van der Waals surface area contributed by atoms with Gasteiger partial charge in [0.25, 0.3) is 0 Å². The largest absolute Gasteiger partial charge is 0.421 e. The van der Waals surface area contributed by atoms with E-state index in [2.05, 4.69) is 15.2 Å². The van der Waals surface area contributed by atoms with Crippen molar-refractivity contribution in [3.05, 3.63) is 35.4 Å². The van der Waals surface area contributed by atoms with E-state index in [1.54, 1.807) is 0 Å². The number of hydrogen-bond donors (Lipinski definition) is 1. The fourth-order valence-corrected chi connectivity index (χ4v) is 1.67. The first kappa shape index (κ1) is 13.2. The molecule has 0 spiro atoms. The lowest BCUT2D eigenvalue weighted by Gasteiger charge is -2.08. The molecule has 100 valence electrons. The van der Waals surface area contributed by atoms with Gasteiger partial charge in [0.05, 0.1) is 17.1 Å². The van der Waals surface area contributed by atoms with Crippen LogP contribution in [0.25, 0.3) is 0 Å². The minimum absolute atomic E-state index is 0.118. The van der Waals surface area contributed by atoms with Gasteiger partial charge in [-0.05, 0) is 25.0 Å². The van der Waals surface area contributed by atoms with Gasteiger partial charge in [0, 0.05) is 6.07 Å². The Hall–Kier alpha value is -2.24. The summed E-state index contributed by atoms with van der Waals surface area (Å²) < 4.78 is 18.4. The fraction of sp³-hybridized carbons (Fsp3) is 0.308. The number of halogens is 1. The van der Waals surface area contributed by atoms with Gasteiger partial charge in [0.15, 0.2) is 5.75 Å². The predicted molar refractivity (Wildman–Crippen MR) is 69.5 cm³/mol. The molecule has 0 saturated heterocycles. The van der Waals surface area contributed by atoms with Crippen LogP contribution < -0.4 is 10.5 Å². The van der Waals surface area contributed by atoms with Crippen molar-refractivity contribution >= 4 is 5.69 Å². The highest BCUT2D eigenvalue weighted by Gasteiger charge is 2.09. The second-order valence-electron chi connectivity index (χ2n) is 3.98. The average molecular weight is 262 g/mol. The van der Waals surface area contributed by atoms with Crippen LogP contribution >= 0.6 is 0 Å². The number of rotatable bonds is 4. The third kappa shape index (κ3) is 2.96. The Labute approximate surface area is 110 Å². The number of nitrogen functional groups attached to an aromatic ring is 1. The smallest absolute Gasteiger partial charge is 0.341 e. The number of aromatic nitrogens is 3. The molecule has 19 heavy (non-hydrogen) atoms. The minimum atomic E-state index is -0.417. The number of ether oxygens (including phenoxy) is 1. The van der Waals surface area contributed by atoms with Gasteiger partial charge in [-0.1, -0.05) is 18.9 Å². The molecule has 0 radical (unpaired) electrons. The molecule has 5 nitrogen and oxygen atoms in total. The second kappa shape index (κ2) is 5.60. The molecule has 2 rings (SSSR count). The summed E-state index contributed by atoms with van der Waals surface area (Å²) in [6.45, 7) is 3.97. The van der Waals surface area contributed by atoms with Crippen molar-refractivity contribution in [1.82, 2.24) is 15.2 Å². The highest BCUT2D eigenvalue weighted by atomic mass is 19.1. The Balaban J connectivity index is 2.28. The molecule has 1 aromatic carbocycles. The van der Waals surface area contributed by atoms with Gasteiger partial charge in [0.2, 0.25) is 0 Å². The molecule has 0 fully saturated rings. The summed E-state index contributed by atoms with van der Waals surface area (Å²) in [5.74, 6) is -0.103. The van der Waals surface area contributed by atoms with Crippen molar-refractivity contribution in [2.24, 2.45) is 0 Å². The summed E-state index contributed by atoms with van der Waals surface area (Å²) in [5, 5.41) is 7.94. The standard InChI is InChI=1S/C13H15FN4O/c1-3-10-11(4-2)17-18-13(16-10)19-12-6-5-8(14)7-9(12)15/h5-7H,3-4,15H2,1-2H3. The normalized spacial score (nSPS) is 10.5. The van der Waals surface area contributed by atoms with Crippen LogP contribution in [0.3, 0.4) is 0 Å². The molecular formula is C13H15FN4O. The molecule has 0 aliphatic rings. The lowest BCUT2D eigenvalue weighted by atomic mass is 10.2. The third-order valence-corrected chi connectivity index (χ3v) is 2.66. The summed E-state index contributed by atoms with van der Waals surface area (Å²) in [5.41, 5.74) is 7.54. The van der Waals surface area contributed by atoms with E-state index in [1.165, 1.54) is 18.2 Å². The van der Waals surface area contributed by atoms with Gasteiger partial charge < -0.3 is 10.5 Å². The SMILES string of the molecule is CCc1nnc(Oc2ccc(F)cc2N)nc1CC. The van der Waals surface area contributed by atoms with E-state index in [1.807, 2.05) is 13.8 Å². The van der Waals surface area contributed by atoms with Crippen LogP contribution in [-0.4, -0.2) is 15.2 Å². The molecule has 6 heteroatoms. The minimum Gasteiger partial charge on any atom is -0.421 e. The number of nitrogens with zero attached hydrogens (tertiary/aromatic N) is 3. The van der Waals surface area contributed by atoms with Crippen molar-refractivity contribution in [3.8, 4) is 11.8 Å². The van der Waals surface area contributed by atoms with Crippen molar-refractivity contribution in [1.29, 1.82) is 0 Å². The topological polar surface area (TPSA) is 73.9 Å². The van der Waals surface area contributed by atoms with Gasteiger partial charge >= 0.3 is 6.01 Å². The van der Waals surface area contributed by atoms with E-state index < -0.39 is 5.82 Å².